The summed E-state index contributed by atoms with van der Waals surface area (Å²) in [6.45, 7) is 0.629. The third-order valence-electron chi connectivity index (χ3n) is 4.35. The Morgan fingerprint density at radius 2 is 2.08 bits per heavy atom. The molecular formula is C18H18ClF3N2O2. The van der Waals surface area contributed by atoms with Crippen LogP contribution in [0.2, 0.25) is 5.02 Å². The molecule has 1 fully saturated rings. The normalized spacial score (nSPS) is 22.3. The van der Waals surface area contributed by atoms with Gasteiger partial charge in [0.25, 0.3) is 5.60 Å². The number of cyclic esters (lactones) is 1. The predicted molar refractivity (Wildman–Crippen MR) is 91.8 cm³/mol. The zero-order valence-corrected chi connectivity index (χ0v) is 14.7. The molecule has 2 aliphatic rings. The maximum absolute atomic E-state index is 14.0. The smallest absolute Gasteiger partial charge is 0.415 e. The summed E-state index contributed by atoms with van der Waals surface area (Å²) in [7, 11) is 0. The first-order chi connectivity index (χ1) is 12.3. The number of anilines is 1. The van der Waals surface area contributed by atoms with Crippen LogP contribution in [0.15, 0.2) is 18.2 Å². The van der Waals surface area contributed by atoms with Crippen LogP contribution in [0.3, 0.4) is 0 Å². The van der Waals surface area contributed by atoms with Gasteiger partial charge < -0.3 is 10.5 Å². The summed E-state index contributed by atoms with van der Waals surface area (Å²) < 4.78 is 47.0. The van der Waals surface area contributed by atoms with Crippen molar-refractivity contribution in [2.24, 2.45) is 11.7 Å². The number of hydrogen-bond donors (Lipinski definition) is 1. The summed E-state index contributed by atoms with van der Waals surface area (Å²) in [5.74, 6) is 4.73. The molecule has 1 aromatic carbocycles. The Kier molecular flexibility index (Phi) is 5.09. The van der Waals surface area contributed by atoms with Crippen LogP contribution >= 0.6 is 11.6 Å². The second kappa shape index (κ2) is 7.01. The lowest BCUT2D eigenvalue weighted by Gasteiger charge is -2.40. The summed E-state index contributed by atoms with van der Waals surface area (Å²) in [5.41, 5.74) is 2.31. The van der Waals surface area contributed by atoms with Crippen molar-refractivity contribution >= 4 is 23.4 Å². The SMILES string of the molecule is NCCCCN1C(=O)OC(C#CC2CC2)(C(F)(F)F)c2cc(Cl)ccc21. The van der Waals surface area contributed by atoms with Crippen LogP contribution in [-0.4, -0.2) is 25.4 Å². The van der Waals surface area contributed by atoms with Gasteiger partial charge in [0.05, 0.1) is 5.69 Å². The lowest BCUT2D eigenvalue weighted by Crippen LogP contribution is -2.53. The Balaban J connectivity index is 2.11. The lowest BCUT2D eigenvalue weighted by molar-refractivity contribution is -0.240. The number of amides is 1. The highest BCUT2D eigenvalue weighted by atomic mass is 35.5. The number of unbranched alkanes of at least 4 members (excludes halogenated alkanes) is 1. The van der Waals surface area contributed by atoms with Gasteiger partial charge in [0.15, 0.2) is 0 Å². The lowest BCUT2D eigenvalue weighted by atomic mass is 9.89. The topological polar surface area (TPSA) is 55.6 Å². The zero-order valence-electron chi connectivity index (χ0n) is 13.9. The molecule has 26 heavy (non-hydrogen) atoms. The van der Waals surface area contributed by atoms with E-state index in [2.05, 4.69) is 11.8 Å². The van der Waals surface area contributed by atoms with Gasteiger partial charge in [-0.2, -0.15) is 13.2 Å². The first-order valence-corrected chi connectivity index (χ1v) is 8.76. The van der Waals surface area contributed by atoms with E-state index in [4.69, 9.17) is 22.1 Å². The molecule has 0 aromatic heterocycles. The van der Waals surface area contributed by atoms with E-state index in [1.807, 2.05) is 0 Å². The molecule has 1 aliphatic carbocycles. The fraction of sp³-hybridized carbons (Fsp3) is 0.500. The molecule has 1 saturated carbocycles. The van der Waals surface area contributed by atoms with Crippen molar-refractivity contribution in [3.63, 3.8) is 0 Å². The van der Waals surface area contributed by atoms with Crippen LogP contribution in [0.1, 0.15) is 31.2 Å². The molecule has 1 heterocycles. The molecule has 3 rings (SSSR count). The highest BCUT2D eigenvalue weighted by Gasteiger charge is 2.63. The average molecular weight is 387 g/mol. The number of hydrogen-bond acceptors (Lipinski definition) is 3. The van der Waals surface area contributed by atoms with Crippen molar-refractivity contribution in [3.8, 4) is 11.8 Å². The Morgan fingerprint density at radius 3 is 2.69 bits per heavy atom. The summed E-state index contributed by atoms with van der Waals surface area (Å²) in [6, 6.07) is 4.03. The maximum atomic E-state index is 14.0. The molecule has 140 valence electrons. The first-order valence-electron chi connectivity index (χ1n) is 8.38. The fourth-order valence-corrected chi connectivity index (χ4v) is 2.97. The molecule has 8 heteroatoms. The number of benzene rings is 1. The monoisotopic (exact) mass is 386 g/mol. The van der Waals surface area contributed by atoms with Gasteiger partial charge in [0, 0.05) is 23.0 Å². The summed E-state index contributed by atoms with van der Waals surface area (Å²) in [4.78, 5) is 13.6. The number of carbonyl (C=O) groups excluding carboxylic acids is 1. The van der Waals surface area contributed by atoms with Gasteiger partial charge in [-0.25, -0.2) is 4.79 Å². The van der Waals surface area contributed by atoms with E-state index in [1.165, 1.54) is 23.1 Å². The average Bonchev–Trinajstić information content (AvgIpc) is 3.38. The Bertz CT molecular complexity index is 768. The van der Waals surface area contributed by atoms with Crippen LogP contribution < -0.4 is 10.6 Å². The van der Waals surface area contributed by atoms with E-state index in [9.17, 15) is 18.0 Å². The molecule has 0 spiro atoms. The van der Waals surface area contributed by atoms with Crippen molar-refractivity contribution in [2.45, 2.75) is 37.5 Å². The van der Waals surface area contributed by atoms with Gasteiger partial charge in [0.2, 0.25) is 0 Å². The molecule has 1 amide bonds. The quantitative estimate of drug-likeness (QED) is 0.623. The van der Waals surface area contributed by atoms with Crippen LogP contribution in [-0.2, 0) is 10.3 Å². The van der Waals surface area contributed by atoms with Gasteiger partial charge in [-0.1, -0.05) is 17.5 Å². The molecule has 2 N–H and O–H groups in total. The number of fused-ring (bicyclic) bond motifs is 1. The van der Waals surface area contributed by atoms with Crippen LogP contribution in [0.5, 0.6) is 0 Å². The van der Waals surface area contributed by atoms with Crippen molar-refractivity contribution in [3.05, 3.63) is 28.8 Å². The van der Waals surface area contributed by atoms with E-state index in [0.717, 1.165) is 12.8 Å². The molecule has 0 saturated heterocycles. The van der Waals surface area contributed by atoms with Crippen molar-refractivity contribution in [1.82, 2.24) is 0 Å². The Hall–Kier alpha value is -1.91. The second-order valence-corrected chi connectivity index (χ2v) is 6.84. The predicted octanol–water partition coefficient (Wildman–Crippen LogP) is 4.21. The number of carbonyl (C=O) groups is 1. The Morgan fingerprint density at radius 1 is 1.35 bits per heavy atom. The summed E-state index contributed by atoms with van der Waals surface area (Å²) in [5, 5.41) is 0.116. The van der Waals surface area contributed by atoms with E-state index >= 15 is 0 Å². The molecule has 0 radical (unpaired) electrons. The van der Waals surface area contributed by atoms with E-state index in [1.54, 1.807) is 0 Å². The minimum absolute atomic E-state index is 0.0851. The van der Waals surface area contributed by atoms with E-state index < -0.39 is 17.9 Å². The first kappa shape index (κ1) is 18.9. The van der Waals surface area contributed by atoms with E-state index in [-0.39, 0.29) is 28.7 Å². The van der Waals surface area contributed by atoms with Crippen molar-refractivity contribution in [1.29, 1.82) is 0 Å². The van der Waals surface area contributed by atoms with Crippen molar-refractivity contribution < 1.29 is 22.7 Å². The van der Waals surface area contributed by atoms with Crippen LogP contribution in [0, 0.1) is 17.8 Å². The second-order valence-electron chi connectivity index (χ2n) is 6.40. The molecule has 1 aromatic rings. The largest absolute Gasteiger partial charge is 0.445 e. The number of nitrogens with zero attached hydrogens (tertiary/aromatic N) is 1. The van der Waals surface area contributed by atoms with Crippen LogP contribution in [0.25, 0.3) is 0 Å². The third kappa shape index (κ3) is 3.49. The van der Waals surface area contributed by atoms with Gasteiger partial charge in [-0.3, -0.25) is 4.90 Å². The number of alkyl halides is 3. The molecule has 4 nitrogen and oxygen atoms in total. The minimum atomic E-state index is -4.90. The number of rotatable bonds is 4. The standard InChI is InChI=1S/C18H18ClF3N2O2/c19-13-5-6-15-14(11-13)17(18(20,21)22,8-7-12-3-4-12)26-16(25)24(15)10-2-1-9-23/h5-6,11-12H,1-4,9-10,23H2. The van der Waals surface area contributed by atoms with Gasteiger partial charge in [-0.15, -0.1) is 0 Å². The highest BCUT2D eigenvalue weighted by molar-refractivity contribution is 6.30. The minimum Gasteiger partial charge on any atom is -0.415 e. The number of nitrogens with two attached hydrogens (primary N) is 1. The zero-order chi connectivity index (χ0) is 18.9. The van der Waals surface area contributed by atoms with Gasteiger partial charge in [-0.05, 0) is 56.3 Å². The Labute approximate surface area is 154 Å². The summed E-state index contributed by atoms with van der Waals surface area (Å²) >= 11 is 5.95. The number of ether oxygens (including phenoxy) is 1. The molecule has 1 aliphatic heterocycles. The van der Waals surface area contributed by atoms with Gasteiger partial charge in [0.1, 0.15) is 0 Å². The third-order valence-corrected chi connectivity index (χ3v) is 4.59. The molecule has 0 bridgehead atoms. The fourth-order valence-electron chi connectivity index (χ4n) is 2.80. The van der Waals surface area contributed by atoms with Gasteiger partial charge >= 0.3 is 12.3 Å². The van der Waals surface area contributed by atoms with Crippen LogP contribution in [0.4, 0.5) is 23.7 Å². The maximum Gasteiger partial charge on any atom is 0.445 e. The summed E-state index contributed by atoms with van der Waals surface area (Å²) in [6.07, 6.45) is -3.28. The van der Waals surface area contributed by atoms with Crippen molar-refractivity contribution in [2.75, 3.05) is 18.0 Å². The number of halogens is 4. The highest BCUT2D eigenvalue weighted by Crippen LogP contribution is 2.49. The molecule has 1 unspecified atom stereocenters. The molecule has 1 atom stereocenters. The van der Waals surface area contributed by atoms with E-state index in [0.29, 0.717) is 19.4 Å². The molecular weight excluding hydrogens is 369 g/mol.